The molecule has 4 aliphatic carbocycles. The number of hydrogen-bond donors (Lipinski definition) is 0. The Labute approximate surface area is 203 Å². The van der Waals surface area contributed by atoms with E-state index in [9.17, 15) is 9.59 Å². The summed E-state index contributed by atoms with van der Waals surface area (Å²) in [5.74, 6) is 2.23. The largest absolute Gasteiger partial charge is 0.461 e. The molecule has 34 heavy (non-hydrogen) atoms. The van der Waals surface area contributed by atoms with Crippen molar-refractivity contribution in [3.05, 3.63) is 23.8 Å². The Hall–Kier alpha value is -1.46. The number of rotatable bonds is 3. The number of hydrogen-bond acceptors (Lipinski definition) is 5. The van der Waals surface area contributed by atoms with Gasteiger partial charge in [-0.15, -0.1) is 0 Å². The zero-order valence-electron chi connectivity index (χ0n) is 21.2. The molecule has 2 saturated carbocycles. The third-order valence-electron chi connectivity index (χ3n) is 11.5. The van der Waals surface area contributed by atoms with Gasteiger partial charge in [0, 0.05) is 19.4 Å². The van der Waals surface area contributed by atoms with Crippen molar-refractivity contribution in [2.24, 2.45) is 46.3 Å². The number of methoxy groups -OCH3 is 1. The fourth-order valence-electron chi connectivity index (χ4n) is 9.55. The number of fused-ring (bicyclic) bond motifs is 7. The fourth-order valence-corrected chi connectivity index (χ4v) is 9.55. The number of carbonyl (C=O) groups excluding carboxylic acids is 2. The molecule has 0 N–H and O–H groups in total. The third kappa shape index (κ3) is 2.98. The zero-order valence-corrected chi connectivity index (χ0v) is 21.2. The smallest absolute Gasteiger partial charge is 0.314 e. The summed E-state index contributed by atoms with van der Waals surface area (Å²) in [7, 11) is 1.63. The van der Waals surface area contributed by atoms with Crippen LogP contribution in [0.5, 0.6) is 0 Å². The van der Waals surface area contributed by atoms with E-state index in [1.165, 1.54) is 18.4 Å². The molecule has 6 aliphatic rings. The molecule has 2 heterocycles. The van der Waals surface area contributed by atoms with Crippen LogP contribution in [-0.4, -0.2) is 43.8 Å². The van der Waals surface area contributed by atoms with Crippen LogP contribution in [0.4, 0.5) is 0 Å². The van der Waals surface area contributed by atoms with Crippen molar-refractivity contribution in [2.45, 2.75) is 77.4 Å². The molecule has 2 bridgehead atoms. The summed E-state index contributed by atoms with van der Waals surface area (Å²) >= 11 is 0. The molecule has 6 rings (SSSR count). The molecule has 0 aromatic carbocycles. The van der Waals surface area contributed by atoms with Crippen molar-refractivity contribution in [1.82, 2.24) is 0 Å². The summed E-state index contributed by atoms with van der Waals surface area (Å²) in [4.78, 5) is 26.0. The Bertz CT molecular complexity index is 952. The first kappa shape index (κ1) is 23.0. The minimum Gasteiger partial charge on any atom is -0.461 e. The van der Waals surface area contributed by atoms with Crippen molar-refractivity contribution < 1.29 is 23.8 Å². The van der Waals surface area contributed by atoms with Gasteiger partial charge in [-0.2, -0.15) is 0 Å². The van der Waals surface area contributed by atoms with Crippen LogP contribution in [0, 0.1) is 46.3 Å². The van der Waals surface area contributed by atoms with Crippen molar-refractivity contribution in [2.75, 3.05) is 20.3 Å². The maximum absolute atomic E-state index is 13.1. The second kappa shape index (κ2) is 7.77. The van der Waals surface area contributed by atoms with Crippen LogP contribution >= 0.6 is 0 Å². The van der Waals surface area contributed by atoms with Crippen LogP contribution in [0.3, 0.4) is 0 Å². The molecule has 0 aromatic rings. The highest BCUT2D eigenvalue weighted by molar-refractivity contribution is 5.98. The molecule has 186 valence electrons. The van der Waals surface area contributed by atoms with Crippen LogP contribution in [-0.2, 0) is 23.8 Å². The Balaban J connectivity index is 1.25. The molecule has 0 aromatic heterocycles. The average Bonchev–Trinajstić information content (AvgIpc) is 3.15. The molecule has 5 nitrogen and oxygen atoms in total. The number of carbonyl (C=O) groups is 2. The van der Waals surface area contributed by atoms with Crippen LogP contribution < -0.4 is 0 Å². The van der Waals surface area contributed by atoms with E-state index >= 15 is 0 Å². The lowest BCUT2D eigenvalue weighted by molar-refractivity contribution is -0.241. The van der Waals surface area contributed by atoms with Gasteiger partial charge in [-0.3, -0.25) is 9.59 Å². The summed E-state index contributed by atoms with van der Waals surface area (Å²) in [5, 5.41) is 0. The van der Waals surface area contributed by atoms with Crippen molar-refractivity contribution in [3.63, 3.8) is 0 Å². The van der Waals surface area contributed by atoms with E-state index in [-0.39, 0.29) is 34.7 Å². The second-order valence-corrected chi connectivity index (χ2v) is 12.7. The van der Waals surface area contributed by atoms with Crippen LogP contribution in [0.15, 0.2) is 23.8 Å². The van der Waals surface area contributed by atoms with Crippen LogP contribution in [0.1, 0.15) is 65.7 Å². The third-order valence-corrected chi connectivity index (χ3v) is 11.5. The molecule has 10 atom stereocenters. The van der Waals surface area contributed by atoms with E-state index in [1.807, 2.05) is 12.2 Å². The highest BCUT2D eigenvalue weighted by atomic mass is 16.6. The van der Waals surface area contributed by atoms with Crippen molar-refractivity contribution in [1.29, 1.82) is 0 Å². The first-order valence-corrected chi connectivity index (χ1v) is 13.5. The van der Waals surface area contributed by atoms with Crippen molar-refractivity contribution in [3.8, 4) is 0 Å². The van der Waals surface area contributed by atoms with E-state index in [2.05, 4.69) is 26.8 Å². The van der Waals surface area contributed by atoms with E-state index in [4.69, 9.17) is 14.2 Å². The van der Waals surface area contributed by atoms with Gasteiger partial charge >= 0.3 is 5.97 Å². The summed E-state index contributed by atoms with van der Waals surface area (Å²) in [6.45, 7) is 7.81. The number of ether oxygens (including phenoxy) is 3. The first-order chi connectivity index (χ1) is 16.2. The van der Waals surface area contributed by atoms with Gasteiger partial charge in [-0.1, -0.05) is 24.6 Å². The lowest BCUT2D eigenvalue weighted by Crippen LogP contribution is -2.61. The quantitative estimate of drug-likeness (QED) is 0.436. The monoisotopic (exact) mass is 468 g/mol. The Kier molecular flexibility index (Phi) is 5.25. The normalized spacial score (nSPS) is 51.8. The van der Waals surface area contributed by atoms with Gasteiger partial charge in [0.1, 0.15) is 12.0 Å². The van der Waals surface area contributed by atoms with E-state index in [1.54, 1.807) is 7.11 Å². The lowest BCUT2D eigenvalue weighted by Gasteiger charge is -2.58. The van der Waals surface area contributed by atoms with Gasteiger partial charge in [0.05, 0.1) is 24.2 Å². The van der Waals surface area contributed by atoms with Crippen LogP contribution in [0.2, 0.25) is 0 Å². The minimum absolute atomic E-state index is 0.0573. The Morgan fingerprint density at radius 3 is 2.59 bits per heavy atom. The van der Waals surface area contributed by atoms with Gasteiger partial charge in [0.25, 0.3) is 0 Å². The number of ketones is 1. The van der Waals surface area contributed by atoms with Crippen molar-refractivity contribution >= 4 is 11.8 Å². The van der Waals surface area contributed by atoms with Gasteiger partial charge in [0.15, 0.2) is 5.78 Å². The molecule has 0 amide bonds. The molecular formula is C29H40O5. The van der Waals surface area contributed by atoms with Gasteiger partial charge in [-0.25, -0.2) is 0 Å². The predicted octanol–water partition coefficient (Wildman–Crippen LogP) is 4.89. The van der Waals surface area contributed by atoms with E-state index in [0.717, 1.165) is 32.1 Å². The van der Waals surface area contributed by atoms with E-state index < -0.39 is 5.60 Å². The predicted molar refractivity (Wildman–Crippen MR) is 128 cm³/mol. The zero-order chi connectivity index (χ0) is 23.9. The second-order valence-electron chi connectivity index (χ2n) is 12.7. The van der Waals surface area contributed by atoms with Gasteiger partial charge in [0.2, 0.25) is 0 Å². The Morgan fingerprint density at radius 2 is 1.82 bits per heavy atom. The summed E-state index contributed by atoms with van der Waals surface area (Å²) in [6.07, 6.45) is 13.7. The number of allylic oxidation sites excluding steroid dienone is 4. The van der Waals surface area contributed by atoms with Crippen LogP contribution in [0.25, 0.3) is 0 Å². The van der Waals surface area contributed by atoms with E-state index in [0.29, 0.717) is 42.7 Å². The molecule has 5 heteroatoms. The molecular weight excluding hydrogens is 428 g/mol. The molecule has 2 saturated heterocycles. The molecule has 0 radical (unpaired) electrons. The molecule has 4 fully saturated rings. The Morgan fingerprint density at radius 1 is 1.06 bits per heavy atom. The fraction of sp³-hybridized carbons (Fsp3) is 0.793. The minimum atomic E-state index is -0.489. The molecule has 0 spiro atoms. The highest BCUT2D eigenvalue weighted by Gasteiger charge is 2.63. The molecule has 0 unspecified atom stereocenters. The average molecular weight is 469 g/mol. The maximum Gasteiger partial charge on any atom is 0.314 e. The highest BCUT2D eigenvalue weighted by Crippen LogP contribution is 2.67. The topological polar surface area (TPSA) is 61.8 Å². The summed E-state index contributed by atoms with van der Waals surface area (Å²) < 4.78 is 17.9. The summed E-state index contributed by atoms with van der Waals surface area (Å²) in [6, 6.07) is 0. The standard InChI is InChI=1S/C29H40O5/c1-27-13-12-22-18(9-8-17-6-5-7-25(30)29(17,22)3)20(27)10-11-21(27)19-15-33-28(2)14-24(19)34-26(31)23(28)16-32-4/h5,7-8,18-24H,6,9-16H2,1-4H3/t18-,19-,20-,21-,22+,23-,24-,27-,28-,29-/m0/s1. The summed E-state index contributed by atoms with van der Waals surface area (Å²) in [5.41, 5.74) is 0.784. The SMILES string of the molecule is COC[C@H]1C(=O)O[C@H]2C[C@]1(C)OC[C@H]2[C@@H]1CC[C@H]2[C@@H]3CC=C4CC=CC(=O)[C@]4(C)[C@@H]3CC[C@]12C. The van der Waals surface area contributed by atoms with Gasteiger partial charge in [-0.05, 0) is 87.5 Å². The van der Waals surface area contributed by atoms with Gasteiger partial charge < -0.3 is 14.2 Å². The maximum atomic E-state index is 13.1. The lowest BCUT2D eigenvalue weighted by atomic mass is 9.47. The molecule has 2 aliphatic heterocycles. The first-order valence-electron chi connectivity index (χ1n) is 13.5. The number of esters is 1.